The van der Waals surface area contributed by atoms with Crippen LogP contribution in [0.4, 0.5) is 0 Å². The van der Waals surface area contributed by atoms with Crippen molar-refractivity contribution in [2.75, 3.05) is 13.2 Å². The lowest BCUT2D eigenvalue weighted by Gasteiger charge is -2.49. The van der Waals surface area contributed by atoms with E-state index in [1.165, 1.54) is 51.4 Å². The average Bonchev–Trinajstić information content (AvgIpc) is 2.96. The molecule has 1 aliphatic rings. The molecule has 0 radical (unpaired) electrons. The number of unbranched alkanes of at least 4 members (excludes halogenated alkanes) is 8. The van der Waals surface area contributed by atoms with Gasteiger partial charge in [0.25, 0.3) is 0 Å². The van der Waals surface area contributed by atoms with E-state index in [1.54, 1.807) is 0 Å². The van der Waals surface area contributed by atoms with Crippen molar-refractivity contribution in [2.45, 2.75) is 92.7 Å². The number of hydrogen-bond acceptors (Lipinski definition) is 4. The Morgan fingerprint density at radius 3 is 1.21 bits per heavy atom. The minimum atomic E-state index is -0.406. The summed E-state index contributed by atoms with van der Waals surface area (Å²) in [6.07, 6.45) is 13.7. The molecule has 1 aliphatic carbocycles. The largest absolute Gasteiger partial charge is 0.465 e. The molecule has 3 rings (SSSR count). The molecule has 0 atom stereocenters. The van der Waals surface area contributed by atoms with Crippen LogP contribution < -0.4 is 0 Å². The van der Waals surface area contributed by atoms with Crippen LogP contribution in [0.5, 0.6) is 0 Å². The van der Waals surface area contributed by atoms with E-state index in [9.17, 15) is 9.59 Å². The van der Waals surface area contributed by atoms with Gasteiger partial charge in [-0.15, -0.1) is 0 Å². The first-order chi connectivity index (χ1) is 20.4. The molecule has 0 bridgehead atoms. The number of benzene rings is 2. The van der Waals surface area contributed by atoms with Crippen molar-refractivity contribution < 1.29 is 19.1 Å². The van der Waals surface area contributed by atoms with E-state index in [0.29, 0.717) is 17.1 Å². The second-order valence-corrected chi connectivity index (χ2v) is 21.9. The second-order valence-electron chi connectivity index (χ2n) is 11.2. The molecule has 2 aromatic rings. The molecule has 1 fully saturated rings. The minimum absolute atomic E-state index is 0.195. The Kier molecular flexibility index (Phi) is 18.5. The van der Waals surface area contributed by atoms with Gasteiger partial charge in [-0.25, -0.2) is 0 Å². The van der Waals surface area contributed by atoms with Crippen LogP contribution in [-0.2, 0) is 19.1 Å². The Morgan fingerprint density at radius 2 is 0.857 bits per heavy atom. The molecule has 232 valence electrons. The zero-order valence-corrected chi connectivity index (χ0v) is 32.9. The fourth-order valence-corrected chi connectivity index (χ4v) is 7.68. The second kappa shape index (κ2) is 21.2. The summed E-state index contributed by atoms with van der Waals surface area (Å²) in [6, 6.07) is 20.0. The van der Waals surface area contributed by atoms with Crippen molar-refractivity contribution in [3.05, 3.63) is 71.8 Å². The van der Waals surface area contributed by atoms with E-state index in [4.69, 9.17) is 9.47 Å². The number of ether oxygens (including phenoxy) is 2. The van der Waals surface area contributed by atoms with Gasteiger partial charge in [0, 0.05) is 11.8 Å². The third-order valence-electron chi connectivity index (χ3n) is 8.08. The van der Waals surface area contributed by atoms with E-state index in [-0.39, 0.29) is 23.8 Å². The lowest BCUT2D eigenvalue weighted by atomic mass is 9.52. The van der Waals surface area contributed by atoms with E-state index in [0.717, 1.165) is 36.8 Å². The third kappa shape index (κ3) is 12.6. The first-order valence-electron chi connectivity index (χ1n) is 15.4. The predicted molar refractivity (Wildman–Crippen MR) is 206 cm³/mol. The molecule has 42 heavy (non-hydrogen) atoms. The molecular weight excluding hydrogens is 980 g/mol. The standard InChI is InChI=1S/C34H44I4O4/c35-27(36)21-13-3-1-5-15-23-41-33(39)31-29(25-17-9-7-10-18-25)32(30(31)26-19-11-8-12-20-26)34(40)42-24-16-6-2-4-14-22-28(37)38/h7-12,17-20,27-32H,1-6,13-16,21-24H2. The summed E-state index contributed by atoms with van der Waals surface area (Å²) < 4.78 is 13.2. The van der Waals surface area contributed by atoms with Gasteiger partial charge in [0.05, 0.1) is 28.9 Å². The summed E-state index contributed by atoms with van der Waals surface area (Å²) in [5.74, 6) is -1.70. The Labute approximate surface area is 307 Å². The topological polar surface area (TPSA) is 52.6 Å². The van der Waals surface area contributed by atoms with E-state index >= 15 is 0 Å². The van der Waals surface area contributed by atoms with E-state index in [1.807, 2.05) is 60.7 Å². The number of carbonyl (C=O) groups is 2. The summed E-state index contributed by atoms with van der Waals surface area (Å²) in [6.45, 7) is 0.871. The van der Waals surface area contributed by atoms with Gasteiger partial charge in [0.1, 0.15) is 0 Å². The molecule has 4 nitrogen and oxygen atoms in total. The number of rotatable bonds is 20. The first-order valence-corrected chi connectivity index (χ1v) is 20.4. The lowest BCUT2D eigenvalue weighted by molar-refractivity contribution is -0.167. The maximum Gasteiger partial charge on any atom is 0.310 e. The Balaban J connectivity index is 1.61. The van der Waals surface area contributed by atoms with Crippen LogP contribution in [0.3, 0.4) is 0 Å². The molecule has 0 aromatic heterocycles. The van der Waals surface area contributed by atoms with Gasteiger partial charge >= 0.3 is 11.9 Å². The molecule has 0 spiro atoms. The van der Waals surface area contributed by atoms with Gasteiger partial charge in [-0.05, 0) is 36.8 Å². The van der Waals surface area contributed by atoms with Gasteiger partial charge in [-0.3, -0.25) is 9.59 Å². The molecule has 0 saturated heterocycles. The number of alkyl halides is 4. The van der Waals surface area contributed by atoms with Gasteiger partial charge in [-0.2, -0.15) is 0 Å². The molecule has 2 aromatic carbocycles. The molecular formula is C34H44I4O4. The SMILES string of the molecule is O=C(OCCCCCCCC(I)I)C1C(c2ccccc2)C(C(=O)OCCCCCCCC(I)I)C1c1ccccc1. The Bertz CT molecular complexity index is 943. The fraction of sp³-hybridized carbons (Fsp3) is 0.588. The van der Waals surface area contributed by atoms with Crippen molar-refractivity contribution in [3.8, 4) is 0 Å². The third-order valence-corrected chi connectivity index (χ3v) is 10.6. The lowest BCUT2D eigenvalue weighted by Crippen LogP contribution is -2.52. The number of esters is 2. The van der Waals surface area contributed by atoms with Crippen LogP contribution in [0.1, 0.15) is 100 Å². The summed E-state index contributed by atoms with van der Waals surface area (Å²) in [5.41, 5.74) is 2.00. The maximum atomic E-state index is 13.6. The van der Waals surface area contributed by atoms with Crippen molar-refractivity contribution >= 4 is 102 Å². The van der Waals surface area contributed by atoms with Crippen molar-refractivity contribution in [1.82, 2.24) is 0 Å². The van der Waals surface area contributed by atoms with Crippen LogP contribution in [-0.4, -0.2) is 29.0 Å². The van der Waals surface area contributed by atoms with Gasteiger partial charge < -0.3 is 9.47 Å². The zero-order chi connectivity index (χ0) is 30.2. The molecule has 0 N–H and O–H groups in total. The predicted octanol–water partition coefficient (Wildman–Crippen LogP) is 11.0. The summed E-state index contributed by atoms with van der Waals surface area (Å²) in [5, 5.41) is 0. The van der Waals surface area contributed by atoms with Gasteiger partial charge in [0.15, 0.2) is 0 Å². The number of hydrogen-bond donors (Lipinski definition) is 0. The molecule has 0 unspecified atom stereocenters. The minimum Gasteiger partial charge on any atom is -0.465 e. The monoisotopic (exact) mass is 1020 g/mol. The molecule has 0 amide bonds. The van der Waals surface area contributed by atoms with Crippen LogP contribution in [0.25, 0.3) is 0 Å². The van der Waals surface area contributed by atoms with E-state index in [2.05, 4.69) is 90.4 Å². The van der Waals surface area contributed by atoms with E-state index < -0.39 is 11.8 Å². The smallest absolute Gasteiger partial charge is 0.310 e. The summed E-state index contributed by atoms with van der Waals surface area (Å²) >= 11 is 9.88. The van der Waals surface area contributed by atoms with Crippen LogP contribution in [0.2, 0.25) is 0 Å². The maximum absolute atomic E-state index is 13.6. The Hall–Kier alpha value is 0.300. The molecule has 1 saturated carbocycles. The number of halogens is 4. The molecule has 8 heteroatoms. The highest BCUT2D eigenvalue weighted by Crippen LogP contribution is 2.58. The van der Waals surface area contributed by atoms with Crippen LogP contribution in [0, 0.1) is 11.8 Å². The zero-order valence-electron chi connectivity index (χ0n) is 24.3. The first kappa shape index (κ1) is 36.8. The molecule has 0 aliphatic heterocycles. The fourth-order valence-electron chi connectivity index (χ4n) is 5.91. The van der Waals surface area contributed by atoms with Crippen molar-refractivity contribution in [1.29, 1.82) is 0 Å². The van der Waals surface area contributed by atoms with Crippen molar-refractivity contribution in [2.24, 2.45) is 11.8 Å². The quantitative estimate of drug-likeness (QED) is 0.0574. The van der Waals surface area contributed by atoms with Gasteiger partial charge in [-0.1, -0.05) is 202 Å². The Morgan fingerprint density at radius 1 is 0.524 bits per heavy atom. The average molecular weight is 1020 g/mol. The normalized spacial score (nSPS) is 20.0. The van der Waals surface area contributed by atoms with Crippen LogP contribution >= 0.6 is 90.4 Å². The molecule has 0 heterocycles. The summed E-state index contributed by atoms with van der Waals surface area (Å²) in [7, 11) is 0. The van der Waals surface area contributed by atoms with Crippen LogP contribution in [0.15, 0.2) is 60.7 Å². The number of carbonyl (C=O) groups excluding carboxylic acids is 2. The highest BCUT2D eigenvalue weighted by molar-refractivity contribution is 14.2. The highest BCUT2D eigenvalue weighted by atomic mass is 127. The summed E-state index contributed by atoms with van der Waals surface area (Å²) in [4.78, 5) is 27.2. The van der Waals surface area contributed by atoms with Gasteiger partial charge in [0.2, 0.25) is 0 Å². The highest BCUT2D eigenvalue weighted by Gasteiger charge is 2.59. The van der Waals surface area contributed by atoms with Crippen molar-refractivity contribution in [3.63, 3.8) is 0 Å².